The van der Waals surface area contributed by atoms with Crippen molar-refractivity contribution in [1.82, 2.24) is 9.97 Å². The molecule has 0 aliphatic carbocycles. The Balaban J connectivity index is 2.43. The summed E-state index contributed by atoms with van der Waals surface area (Å²) in [6, 6.07) is 1.84. The van der Waals surface area contributed by atoms with E-state index >= 15 is 0 Å². The number of nitrogens with zero attached hydrogens (tertiary/aromatic N) is 2. The second-order valence-corrected chi connectivity index (χ2v) is 4.48. The Hall–Kier alpha value is -1.36. The second kappa shape index (κ2) is 7.06. The van der Waals surface area contributed by atoms with Crippen molar-refractivity contribution in [2.24, 2.45) is 5.92 Å². The molecule has 0 aliphatic rings. The van der Waals surface area contributed by atoms with E-state index in [-0.39, 0.29) is 6.10 Å². The molecule has 0 fully saturated rings. The first-order valence-electron chi connectivity index (χ1n) is 6.09. The third-order valence-electron chi connectivity index (χ3n) is 2.29. The van der Waals surface area contributed by atoms with Crippen molar-refractivity contribution in [2.75, 3.05) is 23.7 Å². The van der Waals surface area contributed by atoms with E-state index in [1.165, 1.54) is 6.33 Å². The van der Waals surface area contributed by atoms with Gasteiger partial charge in [0.05, 0.1) is 6.10 Å². The van der Waals surface area contributed by atoms with Crippen LogP contribution in [-0.4, -0.2) is 34.3 Å². The van der Waals surface area contributed by atoms with Crippen molar-refractivity contribution in [3.05, 3.63) is 12.4 Å². The van der Waals surface area contributed by atoms with E-state index in [0.717, 1.165) is 24.6 Å². The second-order valence-electron chi connectivity index (χ2n) is 4.48. The van der Waals surface area contributed by atoms with Crippen LogP contribution in [0.3, 0.4) is 0 Å². The molecule has 17 heavy (non-hydrogen) atoms. The number of aliphatic hydroxyl groups is 1. The van der Waals surface area contributed by atoms with E-state index in [2.05, 4.69) is 34.4 Å². The third-order valence-corrected chi connectivity index (χ3v) is 2.29. The molecule has 1 unspecified atom stereocenters. The monoisotopic (exact) mass is 238 g/mol. The van der Waals surface area contributed by atoms with Gasteiger partial charge in [0.1, 0.15) is 18.0 Å². The number of anilines is 2. The minimum Gasteiger partial charge on any atom is -0.391 e. The lowest BCUT2D eigenvalue weighted by molar-refractivity contribution is 0.161. The van der Waals surface area contributed by atoms with Crippen molar-refractivity contribution in [3.63, 3.8) is 0 Å². The Bertz CT molecular complexity index is 330. The number of aromatic nitrogens is 2. The SMILES string of the molecule is CCNc1cc(NCC(O)CC(C)C)ncn1. The van der Waals surface area contributed by atoms with Crippen LogP contribution in [0.25, 0.3) is 0 Å². The molecule has 1 heterocycles. The minimum absolute atomic E-state index is 0.340. The van der Waals surface area contributed by atoms with Gasteiger partial charge in [-0.25, -0.2) is 9.97 Å². The van der Waals surface area contributed by atoms with Gasteiger partial charge in [0.15, 0.2) is 0 Å². The Morgan fingerprint density at radius 1 is 1.24 bits per heavy atom. The fourth-order valence-electron chi connectivity index (χ4n) is 1.58. The molecule has 1 rings (SSSR count). The average molecular weight is 238 g/mol. The van der Waals surface area contributed by atoms with E-state index in [1.807, 2.05) is 13.0 Å². The summed E-state index contributed by atoms with van der Waals surface area (Å²) in [5.41, 5.74) is 0. The molecule has 0 spiro atoms. The first-order chi connectivity index (χ1) is 8.11. The van der Waals surface area contributed by atoms with E-state index in [0.29, 0.717) is 12.5 Å². The zero-order valence-electron chi connectivity index (χ0n) is 10.8. The van der Waals surface area contributed by atoms with Crippen molar-refractivity contribution < 1.29 is 5.11 Å². The fraction of sp³-hybridized carbons (Fsp3) is 0.667. The maximum absolute atomic E-state index is 9.73. The first-order valence-corrected chi connectivity index (χ1v) is 6.09. The molecule has 5 heteroatoms. The first kappa shape index (κ1) is 13.7. The number of hydrogen-bond donors (Lipinski definition) is 3. The van der Waals surface area contributed by atoms with Gasteiger partial charge in [-0.15, -0.1) is 0 Å². The quantitative estimate of drug-likeness (QED) is 0.675. The van der Waals surface area contributed by atoms with Crippen molar-refractivity contribution in [2.45, 2.75) is 33.3 Å². The molecule has 0 bridgehead atoms. The maximum atomic E-state index is 9.73. The number of aliphatic hydroxyl groups excluding tert-OH is 1. The van der Waals surface area contributed by atoms with Crippen LogP contribution >= 0.6 is 0 Å². The van der Waals surface area contributed by atoms with Crippen LogP contribution in [0.1, 0.15) is 27.2 Å². The van der Waals surface area contributed by atoms with Crippen molar-refractivity contribution in [3.8, 4) is 0 Å². The van der Waals surface area contributed by atoms with E-state index in [4.69, 9.17) is 0 Å². The van der Waals surface area contributed by atoms with Crippen LogP contribution in [0.2, 0.25) is 0 Å². The standard InChI is InChI=1S/C12H22N4O/c1-4-13-11-6-12(16-8-15-11)14-7-10(17)5-9(2)3/h6,8-10,17H,4-5,7H2,1-3H3,(H2,13,14,15,16). The molecular formula is C12H22N4O. The summed E-state index contributed by atoms with van der Waals surface area (Å²) in [6.07, 6.45) is 1.96. The van der Waals surface area contributed by atoms with E-state index in [9.17, 15) is 5.11 Å². The van der Waals surface area contributed by atoms with Crippen molar-refractivity contribution >= 4 is 11.6 Å². The number of nitrogens with one attached hydrogen (secondary N) is 2. The summed E-state index contributed by atoms with van der Waals surface area (Å²) in [6.45, 7) is 7.54. The van der Waals surface area contributed by atoms with Gasteiger partial charge in [-0.2, -0.15) is 0 Å². The molecule has 1 atom stereocenters. The summed E-state index contributed by atoms with van der Waals surface area (Å²) in [7, 11) is 0. The van der Waals surface area contributed by atoms with Crippen LogP contribution < -0.4 is 10.6 Å². The predicted molar refractivity (Wildman–Crippen MR) is 70.1 cm³/mol. The topological polar surface area (TPSA) is 70.1 Å². The molecule has 0 amide bonds. The Morgan fingerprint density at radius 2 is 1.88 bits per heavy atom. The molecular weight excluding hydrogens is 216 g/mol. The van der Waals surface area contributed by atoms with Crippen molar-refractivity contribution in [1.29, 1.82) is 0 Å². The molecule has 1 aromatic heterocycles. The number of hydrogen-bond acceptors (Lipinski definition) is 5. The van der Waals surface area contributed by atoms with Gasteiger partial charge in [-0.1, -0.05) is 13.8 Å². The lowest BCUT2D eigenvalue weighted by Gasteiger charge is -2.14. The van der Waals surface area contributed by atoms with Gasteiger partial charge in [0.25, 0.3) is 0 Å². The van der Waals surface area contributed by atoms with Crippen LogP contribution in [0.15, 0.2) is 12.4 Å². The predicted octanol–water partition coefficient (Wildman–Crippen LogP) is 1.73. The van der Waals surface area contributed by atoms with Crippen LogP contribution in [0.4, 0.5) is 11.6 Å². The molecule has 96 valence electrons. The van der Waals surface area contributed by atoms with Gasteiger partial charge in [-0.3, -0.25) is 0 Å². The molecule has 3 N–H and O–H groups in total. The minimum atomic E-state index is -0.340. The Morgan fingerprint density at radius 3 is 2.47 bits per heavy atom. The zero-order valence-corrected chi connectivity index (χ0v) is 10.8. The summed E-state index contributed by atoms with van der Waals surface area (Å²) in [5, 5.41) is 16.0. The molecule has 0 saturated heterocycles. The summed E-state index contributed by atoms with van der Waals surface area (Å²) < 4.78 is 0. The highest BCUT2D eigenvalue weighted by molar-refractivity contribution is 5.46. The van der Waals surface area contributed by atoms with Gasteiger partial charge in [0, 0.05) is 19.2 Å². The van der Waals surface area contributed by atoms with E-state index in [1.54, 1.807) is 0 Å². The highest BCUT2D eigenvalue weighted by Gasteiger charge is 2.07. The number of rotatable bonds is 7. The molecule has 0 saturated carbocycles. The summed E-state index contributed by atoms with van der Waals surface area (Å²) in [4.78, 5) is 8.18. The smallest absolute Gasteiger partial charge is 0.131 e. The third kappa shape index (κ3) is 5.49. The Labute approximate surface area is 103 Å². The highest BCUT2D eigenvalue weighted by Crippen LogP contribution is 2.09. The van der Waals surface area contributed by atoms with Gasteiger partial charge in [-0.05, 0) is 19.3 Å². The molecule has 1 aromatic rings. The van der Waals surface area contributed by atoms with Crippen LogP contribution in [-0.2, 0) is 0 Å². The lowest BCUT2D eigenvalue weighted by atomic mass is 10.1. The zero-order chi connectivity index (χ0) is 12.7. The highest BCUT2D eigenvalue weighted by atomic mass is 16.3. The van der Waals surface area contributed by atoms with Gasteiger partial charge < -0.3 is 15.7 Å². The average Bonchev–Trinajstić information content (AvgIpc) is 2.26. The molecule has 0 aromatic carbocycles. The summed E-state index contributed by atoms with van der Waals surface area (Å²) >= 11 is 0. The summed E-state index contributed by atoms with van der Waals surface area (Å²) in [5.74, 6) is 2.02. The normalized spacial score (nSPS) is 12.5. The maximum Gasteiger partial charge on any atom is 0.131 e. The van der Waals surface area contributed by atoms with Crippen LogP contribution in [0.5, 0.6) is 0 Å². The molecule has 0 radical (unpaired) electrons. The lowest BCUT2D eigenvalue weighted by Crippen LogP contribution is -2.21. The van der Waals surface area contributed by atoms with Crippen LogP contribution in [0, 0.1) is 5.92 Å². The largest absolute Gasteiger partial charge is 0.391 e. The molecule has 0 aliphatic heterocycles. The molecule has 5 nitrogen and oxygen atoms in total. The fourth-order valence-corrected chi connectivity index (χ4v) is 1.58. The van der Waals surface area contributed by atoms with Gasteiger partial charge >= 0.3 is 0 Å². The Kier molecular flexibility index (Phi) is 5.69. The van der Waals surface area contributed by atoms with Gasteiger partial charge in [0.2, 0.25) is 0 Å². The van der Waals surface area contributed by atoms with E-state index < -0.39 is 0 Å².